The van der Waals surface area contributed by atoms with Crippen LogP contribution in [0.4, 0.5) is 0 Å². The Kier molecular flexibility index (Phi) is 6.47. The SMILES string of the molecule is CCC1C2CCC(C2)C1OC(=O)COC(=O)COC(=O)C(C)(C)CC. The molecule has 0 aliphatic heterocycles. The van der Waals surface area contributed by atoms with Gasteiger partial charge in [-0.25, -0.2) is 9.59 Å². The van der Waals surface area contributed by atoms with Gasteiger partial charge in [0.15, 0.2) is 13.2 Å². The summed E-state index contributed by atoms with van der Waals surface area (Å²) in [6, 6.07) is 0. The van der Waals surface area contributed by atoms with E-state index < -0.39 is 36.5 Å². The van der Waals surface area contributed by atoms with Crippen LogP contribution in [0.25, 0.3) is 0 Å². The van der Waals surface area contributed by atoms with Gasteiger partial charge in [0, 0.05) is 0 Å². The van der Waals surface area contributed by atoms with Gasteiger partial charge in [-0.1, -0.05) is 13.8 Å². The molecule has 0 aromatic heterocycles. The molecule has 0 aromatic rings. The van der Waals surface area contributed by atoms with Crippen molar-refractivity contribution in [2.75, 3.05) is 13.2 Å². The average Bonchev–Trinajstić information content (AvgIpc) is 3.18. The van der Waals surface area contributed by atoms with E-state index in [1.54, 1.807) is 13.8 Å². The molecule has 4 atom stereocenters. The third-order valence-corrected chi connectivity index (χ3v) is 5.85. The lowest BCUT2D eigenvalue weighted by molar-refractivity contribution is -0.171. The zero-order valence-corrected chi connectivity index (χ0v) is 15.7. The highest BCUT2D eigenvalue weighted by molar-refractivity contribution is 5.81. The van der Waals surface area contributed by atoms with Crippen LogP contribution < -0.4 is 0 Å². The molecule has 6 nitrogen and oxygen atoms in total. The van der Waals surface area contributed by atoms with Crippen LogP contribution in [0.2, 0.25) is 0 Å². The lowest BCUT2D eigenvalue weighted by Crippen LogP contribution is -2.34. The van der Waals surface area contributed by atoms with E-state index in [2.05, 4.69) is 6.92 Å². The van der Waals surface area contributed by atoms with Crippen LogP contribution in [0.3, 0.4) is 0 Å². The van der Waals surface area contributed by atoms with Crippen LogP contribution in [-0.4, -0.2) is 37.2 Å². The number of ether oxygens (including phenoxy) is 3. The highest BCUT2D eigenvalue weighted by Crippen LogP contribution is 2.51. The molecular weight excluding hydrogens is 324 g/mol. The molecule has 0 N–H and O–H groups in total. The first-order chi connectivity index (χ1) is 11.8. The van der Waals surface area contributed by atoms with Crippen molar-refractivity contribution in [3.05, 3.63) is 0 Å². The van der Waals surface area contributed by atoms with E-state index in [4.69, 9.17) is 14.2 Å². The van der Waals surface area contributed by atoms with Gasteiger partial charge in [0.2, 0.25) is 0 Å². The average molecular weight is 354 g/mol. The van der Waals surface area contributed by atoms with Gasteiger partial charge in [-0.3, -0.25) is 4.79 Å². The summed E-state index contributed by atoms with van der Waals surface area (Å²) in [5, 5.41) is 0. The second kappa shape index (κ2) is 8.19. The highest BCUT2D eigenvalue weighted by atomic mass is 16.6. The smallest absolute Gasteiger partial charge is 0.344 e. The van der Waals surface area contributed by atoms with Gasteiger partial charge in [-0.2, -0.15) is 0 Å². The molecule has 2 fully saturated rings. The van der Waals surface area contributed by atoms with E-state index in [9.17, 15) is 14.4 Å². The maximum absolute atomic E-state index is 12.0. The predicted octanol–water partition coefficient (Wildman–Crippen LogP) is 2.88. The first-order valence-corrected chi connectivity index (χ1v) is 9.30. The van der Waals surface area contributed by atoms with Crippen LogP contribution in [0.1, 0.15) is 59.8 Å². The van der Waals surface area contributed by atoms with Crippen LogP contribution in [-0.2, 0) is 28.6 Å². The molecule has 2 saturated carbocycles. The molecule has 2 bridgehead atoms. The summed E-state index contributed by atoms with van der Waals surface area (Å²) in [5.41, 5.74) is -0.643. The maximum Gasteiger partial charge on any atom is 0.344 e. The van der Waals surface area contributed by atoms with Crippen LogP contribution in [0, 0.1) is 23.2 Å². The summed E-state index contributed by atoms with van der Waals surface area (Å²) in [4.78, 5) is 35.4. The summed E-state index contributed by atoms with van der Waals surface area (Å²) in [5.74, 6) is -0.178. The van der Waals surface area contributed by atoms with Gasteiger partial charge < -0.3 is 14.2 Å². The maximum atomic E-state index is 12.0. The van der Waals surface area contributed by atoms with E-state index in [1.165, 1.54) is 6.42 Å². The molecule has 6 heteroatoms. The Balaban J connectivity index is 1.69. The lowest BCUT2D eigenvalue weighted by Gasteiger charge is -2.29. The summed E-state index contributed by atoms with van der Waals surface area (Å²) >= 11 is 0. The van der Waals surface area contributed by atoms with Crippen molar-refractivity contribution >= 4 is 17.9 Å². The largest absolute Gasteiger partial charge is 0.459 e. The first-order valence-electron chi connectivity index (χ1n) is 9.30. The van der Waals surface area contributed by atoms with Crippen LogP contribution >= 0.6 is 0 Å². The van der Waals surface area contributed by atoms with Crippen molar-refractivity contribution in [3.8, 4) is 0 Å². The van der Waals surface area contributed by atoms with Crippen LogP contribution in [0.15, 0.2) is 0 Å². The summed E-state index contributed by atoms with van der Waals surface area (Å²) in [6.07, 6.45) is 5.04. The Labute approximate surface area is 149 Å². The lowest BCUT2D eigenvalue weighted by atomic mass is 9.84. The number of carbonyl (C=O) groups excluding carboxylic acids is 3. The minimum Gasteiger partial charge on any atom is -0.459 e. The van der Waals surface area contributed by atoms with E-state index in [0.717, 1.165) is 19.3 Å². The van der Waals surface area contributed by atoms with E-state index >= 15 is 0 Å². The van der Waals surface area contributed by atoms with Gasteiger partial charge >= 0.3 is 17.9 Å². The summed E-state index contributed by atoms with van der Waals surface area (Å²) < 4.78 is 15.4. The van der Waals surface area contributed by atoms with Gasteiger partial charge in [-0.15, -0.1) is 0 Å². The van der Waals surface area contributed by atoms with Gasteiger partial charge in [0.1, 0.15) is 6.10 Å². The Morgan fingerprint density at radius 3 is 2.24 bits per heavy atom. The van der Waals surface area contributed by atoms with E-state index in [-0.39, 0.29) is 6.10 Å². The molecule has 0 radical (unpaired) electrons. The second-order valence-corrected chi connectivity index (χ2v) is 7.83. The third-order valence-electron chi connectivity index (χ3n) is 5.85. The number of carbonyl (C=O) groups is 3. The molecular formula is C19H30O6. The zero-order valence-electron chi connectivity index (χ0n) is 15.7. The molecule has 0 saturated heterocycles. The minimum absolute atomic E-state index is 0.0434. The molecule has 0 spiro atoms. The second-order valence-electron chi connectivity index (χ2n) is 7.83. The molecule has 25 heavy (non-hydrogen) atoms. The van der Waals surface area contributed by atoms with E-state index in [1.807, 2.05) is 6.92 Å². The molecule has 0 aromatic carbocycles. The number of esters is 3. The number of hydrogen-bond donors (Lipinski definition) is 0. The van der Waals surface area contributed by atoms with Crippen molar-refractivity contribution in [2.24, 2.45) is 23.2 Å². The van der Waals surface area contributed by atoms with Gasteiger partial charge in [-0.05, 0) is 63.7 Å². The Morgan fingerprint density at radius 1 is 0.960 bits per heavy atom. The third kappa shape index (κ3) is 4.73. The monoisotopic (exact) mass is 354 g/mol. The highest BCUT2D eigenvalue weighted by Gasteiger charge is 2.48. The topological polar surface area (TPSA) is 78.9 Å². The summed E-state index contributed by atoms with van der Waals surface area (Å²) in [7, 11) is 0. The normalized spacial score (nSPS) is 27.8. The molecule has 2 rings (SSSR count). The molecule has 2 aliphatic carbocycles. The number of hydrogen-bond acceptors (Lipinski definition) is 6. The van der Waals surface area contributed by atoms with Crippen molar-refractivity contribution in [1.82, 2.24) is 0 Å². The fraction of sp³-hybridized carbons (Fsp3) is 0.842. The molecule has 2 aliphatic rings. The fourth-order valence-corrected chi connectivity index (χ4v) is 3.94. The molecule has 4 unspecified atom stereocenters. The number of rotatable bonds is 8. The van der Waals surface area contributed by atoms with Crippen molar-refractivity contribution in [1.29, 1.82) is 0 Å². The quantitative estimate of drug-likeness (QED) is 0.493. The standard InChI is InChI=1S/C19H30O6/c1-5-14-12-7-8-13(9-12)17(14)25-16(21)11-23-15(20)10-24-18(22)19(3,4)6-2/h12-14,17H,5-11H2,1-4H3. The first kappa shape index (κ1) is 19.7. The number of fused-ring (bicyclic) bond motifs is 2. The molecule has 0 heterocycles. The van der Waals surface area contributed by atoms with E-state index in [0.29, 0.717) is 24.2 Å². The van der Waals surface area contributed by atoms with Gasteiger partial charge in [0.05, 0.1) is 5.41 Å². The Hall–Kier alpha value is -1.59. The Bertz CT molecular complexity index is 512. The minimum atomic E-state index is -0.739. The summed E-state index contributed by atoms with van der Waals surface area (Å²) in [6.45, 7) is 6.57. The van der Waals surface area contributed by atoms with Crippen molar-refractivity contribution < 1.29 is 28.6 Å². The molecule has 0 amide bonds. The van der Waals surface area contributed by atoms with Crippen molar-refractivity contribution in [2.45, 2.75) is 65.9 Å². The molecule has 142 valence electrons. The van der Waals surface area contributed by atoms with Gasteiger partial charge in [0.25, 0.3) is 0 Å². The Morgan fingerprint density at radius 2 is 1.60 bits per heavy atom. The fourth-order valence-electron chi connectivity index (χ4n) is 3.94. The van der Waals surface area contributed by atoms with Crippen molar-refractivity contribution in [3.63, 3.8) is 0 Å². The predicted molar refractivity (Wildman–Crippen MR) is 90.5 cm³/mol. The van der Waals surface area contributed by atoms with Crippen LogP contribution in [0.5, 0.6) is 0 Å². The zero-order chi connectivity index (χ0) is 18.6.